The number of thioether (sulfide) groups is 1. The lowest BCUT2D eigenvalue weighted by Gasteiger charge is -2.19. The summed E-state index contributed by atoms with van der Waals surface area (Å²) in [7, 11) is 1.82. The van der Waals surface area contributed by atoms with Crippen molar-refractivity contribution < 1.29 is 14.3 Å². The van der Waals surface area contributed by atoms with Crippen molar-refractivity contribution in [2.24, 2.45) is 0 Å². The Morgan fingerprint density at radius 3 is 2.85 bits per heavy atom. The Bertz CT molecular complexity index is 908. The molecule has 0 saturated carbocycles. The summed E-state index contributed by atoms with van der Waals surface area (Å²) < 4.78 is 12.3. The molecule has 1 aliphatic heterocycles. The van der Waals surface area contributed by atoms with Crippen LogP contribution in [0, 0.1) is 0 Å². The number of carbonyl (C=O) groups excluding carboxylic acids is 1. The molecule has 0 radical (unpaired) electrons. The van der Waals surface area contributed by atoms with Crippen LogP contribution in [0.5, 0.6) is 11.5 Å². The van der Waals surface area contributed by atoms with Gasteiger partial charge >= 0.3 is 0 Å². The van der Waals surface area contributed by atoms with E-state index < -0.39 is 0 Å². The van der Waals surface area contributed by atoms with Gasteiger partial charge in [0.05, 0.1) is 22.5 Å². The lowest BCUT2D eigenvalue weighted by molar-refractivity contribution is -0.127. The van der Waals surface area contributed by atoms with Gasteiger partial charge in [0.15, 0.2) is 11.5 Å². The topological polar surface area (TPSA) is 51.7 Å². The summed E-state index contributed by atoms with van der Waals surface area (Å²) in [6.07, 6.45) is 0. The minimum Gasteiger partial charge on any atom is -0.486 e. The van der Waals surface area contributed by atoms with Crippen LogP contribution < -0.4 is 9.47 Å². The van der Waals surface area contributed by atoms with Crippen molar-refractivity contribution in [3.8, 4) is 11.5 Å². The van der Waals surface area contributed by atoms with Crippen molar-refractivity contribution in [2.75, 3.05) is 26.0 Å². The minimum atomic E-state index is 0.0733. The maximum Gasteiger partial charge on any atom is 0.233 e. The van der Waals surface area contributed by atoms with E-state index in [1.54, 1.807) is 16.2 Å². The molecule has 134 valence electrons. The quantitative estimate of drug-likeness (QED) is 0.624. The molecule has 2 aromatic carbocycles. The molecule has 5 nitrogen and oxygen atoms in total. The summed E-state index contributed by atoms with van der Waals surface area (Å²) in [4.78, 5) is 19.8. The van der Waals surface area contributed by atoms with Gasteiger partial charge in [-0.2, -0.15) is 0 Å². The first kappa shape index (κ1) is 17.2. The molecule has 0 aliphatic carbocycles. The van der Waals surface area contributed by atoms with Gasteiger partial charge in [-0.05, 0) is 30.3 Å². The third-order valence-electron chi connectivity index (χ3n) is 4.01. The number of fused-ring (bicyclic) bond motifs is 2. The molecule has 1 aromatic heterocycles. The number of ether oxygens (including phenoxy) is 2. The van der Waals surface area contributed by atoms with Gasteiger partial charge < -0.3 is 14.4 Å². The number of aromatic nitrogens is 1. The number of para-hydroxylation sites is 1. The predicted octanol–water partition coefficient (Wildman–Crippen LogP) is 3.82. The van der Waals surface area contributed by atoms with Crippen LogP contribution in [-0.2, 0) is 11.3 Å². The molecule has 0 atom stereocenters. The molecule has 0 saturated heterocycles. The van der Waals surface area contributed by atoms with Crippen molar-refractivity contribution in [2.45, 2.75) is 11.4 Å². The fourth-order valence-corrected chi connectivity index (χ4v) is 4.53. The van der Waals surface area contributed by atoms with Gasteiger partial charge in [0.25, 0.3) is 0 Å². The Morgan fingerprint density at radius 1 is 1.19 bits per heavy atom. The molecule has 3 aromatic rings. The Kier molecular flexibility index (Phi) is 4.99. The molecule has 4 rings (SSSR count). The van der Waals surface area contributed by atoms with E-state index in [9.17, 15) is 4.79 Å². The molecule has 0 N–H and O–H groups in total. The highest BCUT2D eigenvalue weighted by molar-refractivity contribution is 8.00. The molecule has 1 amide bonds. The zero-order chi connectivity index (χ0) is 17.9. The molecule has 2 heterocycles. The maximum absolute atomic E-state index is 12.5. The molecule has 26 heavy (non-hydrogen) atoms. The minimum absolute atomic E-state index is 0.0733. The van der Waals surface area contributed by atoms with E-state index in [1.165, 1.54) is 11.8 Å². The van der Waals surface area contributed by atoms with E-state index in [4.69, 9.17) is 9.47 Å². The number of carbonyl (C=O) groups is 1. The van der Waals surface area contributed by atoms with Gasteiger partial charge in [0, 0.05) is 11.9 Å². The monoisotopic (exact) mass is 386 g/mol. The second-order valence-corrected chi connectivity index (χ2v) is 8.08. The molecule has 0 spiro atoms. The summed E-state index contributed by atoms with van der Waals surface area (Å²) in [6, 6.07) is 13.8. The highest BCUT2D eigenvalue weighted by atomic mass is 32.2. The number of rotatable bonds is 5. The van der Waals surface area contributed by atoms with Crippen LogP contribution in [0.1, 0.15) is 5.01 Å². The van der Waals surface area contributed by atoms with Crippen LogP contribution in [0.3, 0.4) is 0 Å². The summed E-state index contributed by atoms with van der Waals surface area (Å²) in [5, 5.41) is 0.950. The van der Waals surface area contributed by atoms with Gasteiger partial charge in [-0.15, -0.1) is 23.1 Å². The lowest BCUT2D eigenvalue weighted by Crippen LogP contribution is -2.27. The lowest BCUT2D eigenvalue weighted by atomic mass is 10.3. The zero-order valence-electron chi connectivity index (χ0n) is 14.3. The number of benzene rings is 2. The number of hydrogen-bond acceptors (Lipinski definition) is 6. The van der Waals surface area contributed by atoms with Crippen LogP contribution in [-0.4, -0.2) is 41.8 Å². The molecule has 1 aliphatic rings. The maximum atomic E-state index is 12.5. The number of nitrogens with zero attached hydrogens (tertiary/aromatic N) is 2. The summed E-state index contributed by atoms with van der Waals surface area (Å²) in [5.41, 5.74) is 0.985. The zero-order valence-corrected chi connectivity index (χ0v) is 15.9. The van der Waals surface area contributed by atoms with Crippen molar-refractivity contribution >= 4 is 39.2 Å². The molecule has 0 bridgehead atoms. The number of amides is 1. The van der Waals surface area contributed by atoms with Crippen molar-refractivity contribution in [3.63, 3.8) is 0 Å². The van der Waals surface area contributed by atoms with E-state index >= 15 is 0 Å². The molecule has 7 heteroatoms. The summed E-state index contributed by atoms with van der Waals surface area (Å²) >= 11 is 3.13. The summed E-state index contributed by atoms with van der Waals surface area (Å²) in [6.45, 7) is 1.67. The second kappa shape index (κ2) is 7.55. The van der Waals surface area contributed by atoms with Crippen molar-refractivity contribution in [1.82, 2.24) is 9.88 Å². The fourth-order valence-electron chi connectivity index (χ4n) is 2.65. The van der Waals surface area contributed by atoms with E-state index in [2.05, 4.69) is 11.1 Å². The Balaban J connectivity index is 1.35. The largest absolute Gasteiger partial charge is 0.486 e. The Labute approximate surface area is 159 Å². The van der Waals surface area contributed by atoms with Crippen LogP contribution >= 0.6 is 23.1 Å². The van der Waals surface area contributed by atoms with Crippen molar-refractivity contribution in [1.29, 1.82) is 0 Å². The SMILES string of the molecule is CN(Cc1nc2ccccc2s1)C(=O)CSc1ccc2c(c1)OCCO2. The van der Waals surface area contributed by atoms with Gasteiger partial charge in [0.1, 0.15) is 18.2 Å². The van der Waals surface area contributed by atoms with Crippen LogP contribution in [0.25, 0.3) is 10.2 Å². The predicted molar refractivity (Wildman–Crippen MR) is 104 cm³/mol. The fraction of sp³-hybridized carbons (Fsp3) is 0.263. The number of hydrogen-bond donors (Lipinski definition) is 0. The van der Waals surface area contributed by atoms with Crippen LogP contribution in [0.4, 0.5) is 0 Å². The highest BCUT2D eigenvalue weighted by Crippen LogP contribution is 2.34. The average molecular weight is 386 g/mol. The van der Waals surface area contributed by atoms with Crippen LogP contribution in [0.15, 0.2) is 47.4 Å². The molecule has 0 unspecified atom stereocenters. The van der Waals surface area contributed by atoms with Gasteiger partial charge in [0.2, 0.25) is 5.91 Å². The first-order valence-electron chi connectivity index (χ1n) is 8.30. The Hall–Kier alpha value is -2.25. The first-order valence-corrected chi connectivity index (χ1v) is 10.1. The van der Waals surface area contributed by atoms with E-state index in [0.717, 1.165) is 31.6 Å². The van der Waals surface area contributed by atoms with E-state index in [0.29, 0.717) is 25.5 Å². The molecular formula is C19H18N2O3S2. The smallest absolute Gasteiger partial charge is 0.233 e. The second-order valence-electron chi connectivity index (χ2n) is 5.92. The Morgan fingerprint density at radius 2 is 2.00 bits per heavy atom. The van der Waals surface area contributed by atoms with Gasteiger partial charge in [-0.25, -0.2) is 4.98 Å². The van der Waals surface area contributed by atoms with E-state index in [-0.39, 0.29) is 5.91 Å². The van der Waals surface area contributed by atoms with Crippen LogP contribution in [0.2, 0.25) is 0 Å². The normalized spacial score (nSPS) is 13.0. The molecule has 0 fully saturated rings. The van der Waals surface area contributed by atoms with Gasteiger partial charge in [-0.3, -0.25) is 4.79 Å². The average Bonchev–Trinajstić information content (AvgIpc) is 3.08. The van der Waals surface area contributed by atoms with Crippen molar-refractivity contribution in [3.05, 3.63) is 47.5 Å². The highest BCUT2D eigenvalue weighted by Gasteiger charge is 2.15. The first-order chi connectivity index (χ1) is 12.7. The van der Waals surface area contributed by atoms with E-state index in [1.807, 2.05) is 43.4 Å². The molecular weight excluding hydrogens is 368 g/mol. The summed E-state index contributed by atoms with van der Waals surface area (Å²) in [5.74, 6) is 1.96. The third kappa shape index (κ3) is 3.78. The number of thiazole rings is 1. The standard InChI is InChI=1S/C19H18N2O3S2/c1-21(11-18-20-14-4-2-3-5-17(14)26-18)19(22)12-25-13-6-7-15-16(10-13)24-9-8-23-15/h2-7,10H,8-9,11-12H2,1H3. The third-order valence-corrected chi connectivity index (χ3v) is 6.01. The van der Waals surface area contributed by atoms with Gasteiger partial charge in [-0.1, -0.05) is 12.1 Å².